The fourth-order valence-electron chi connectivity index (χ4n) is 3.39. The van der Waals surface area contributed by atoms with E-state index in [9.17, 15) is 9.59 Å². The molecule has 0 saturated carbocycles. The number of morpholine rings is 1. The number of carbonyl (C=O) groups excluding carboxylic acids is 2. The van der Waals surface area contributed by atoms with Crippen LogP contribution in [-0.2, 0) is 14.2 Å². The molecule has 2 amide bonds. The molecule has 1 fully saturated rings. The quantitative estimate of drug-likeness (QED) is 0.603. The van der Waals surface area contributed by atoms with Gasteiger partial charge in [-0.1, -0.05) is 23.7 Å². The number of nitrogens with two attached hydrogens (primary N) is 1. The molecule has 0 spiro atoms. The Morgan fingerprint density at radius 3 is 2.65 bits per heavy atom. The summed E-state index contributed by atoms with van der Waals surface area (Å²) in [5.74, 6) is -0.520. The van der Waals surface area contributed by atoms with Gasteiger partial charge in [-0.05, 0) is 41.5 Å². The zero-order valence-electron chi connectivity index (χ0n) is 17.3. The number of nitrogens with one attached hydrogen (secondary N) is 1. The van der Waals surface area contributed by atoms with Gasteiger partial charge in [0, 0.05) is 35.9 Å². The molecule has 8 nitrogen and oxygen atoms in total. The number of benzene rings is 2. The second-order valence-electron chi connectivity index (χ2n) is 7.00. The van der Waals surface area contributed by atoms with Gasteiger partial charge >= 0.3 is 6.09 Å². The first-order chi connectivity index (χ1) is 15.0. The molecule has 3 rings (SSSR count). The Balaban J connectivity index is 1.93. The summed E-state index contributed by atoms with van der Waals surface area (Å²) in [6.07, 6.45) is -1.05. The highest BCUT2D eigenvalue weighted by Crippen LogP contribution is 2.32. The third-order valence-corrected chi connectivity index (χ3v) is 5.13. The van der Waals surface area contributed by atoms with Gasteiger partial charge in [0.25, 0.3) is 0 Å². The third kappa shape index (κ3) is 6.33. The SMILES string of the molecule is COC(=O)NCCOC(c1cccc(Cl)c1)c1cc(C(N)=O)cc(N2CCOCC2)c1. The van der Waals surface area contributed by atoms with Crippen LogP contribution >= 0.6 is 11.6 Å². The van der Waals surface area contributed by atoms with E-state index in [2.05, 4.69) is 15.0 Å². The van der Waals surface area contributed by atoms with Gasteiger partial charge < -0.3 is 30.2 Å². The Bertz CT molecular complexity index is 918. The van der Waals surface area contributed by atoms with Crippen molar-refractivity contribution in [3.63, 3.8) is 0 Å². The number of nitrogens with zero attached hydrogens (tertiary/aromatic N) is 1. The lowest BCUT2D eigenvalue weighted by atomic mass is 9.98. The topological polar surface area (TPSA) is 103 Å². The molecule has 0 radical (unpaired) electrons. The molecule has 166 valence electrons. The van der Waals surface area contributed by atoms with Crippen molar-refractivity contribution in [3.8, 4) is 0 Å². The van der Waals surface area contributed by atoms with E-state index in [1.54, 1.807) is 18.2 Å². The number of rotatable bonds is 8. The molecule has 1 atom stereocenters. The lowest BCUT2D eigenvalue weighted by Gasteiger charge is -2.30. The molecule has 1 unspecified atom stereocenters. The van der Waals surface area contributed by atoms with Crippen molar-refractivity contribution in [2.24, 2.45) is 5.73 Å². The number of carbonyl (C=O) groups is 2. The summed E-state index contributed by atoms with van der Waals surface area (Å²) >= 11 is 6.21. The van der Waals surface area contributed by atoms with Crippen LogP contribution in [0, 0.1) is 0 Å². The fourth-order valence-corrected chi connectivity index (χ4v) is 3.59. The zero-order valence-corrected chi connectivity index (χ0v) is 18.1. The number of methoxy groups -OCH3 is 1. The first-order valence-corrected chi connectivity index (χ1v) is 10.3. The van der Waals surface area contributed by atoms with Gasteiger partial charge in [-0.2, -0.15) is 0 Å². The number of hydrogen-bond donors (Lipinski definition) is 2. The molecule has 1 heterocycles. The van der Waals surface area contributed by atoms with Crippen molar-refractivity contribution in [2.45, 2.75) is 6.10 Å². The Labute approximate surface area is 186 Å². The third-order valence-electron chi connectivity index (χ3n) is 4.90. The van der Waals surface area contributed by atoms with Gasteiger partial charge in [-0.25, -0.2) is 4.79 Å². The minimum atomic E-state index is -0.534. The molecule has 1 saturated heterocycles. The summed E-state index contributed by atoms with van der Waals surface area (Å²) in [6, 6.07) is 12.8. The highest BCUT2D eigenvalue weighted by Gasteiger charge is 2.21. The smallest absolute Gasteiger partial charge is 0.406 e. The number of primary amides is 1. The van der Waals surface area contributed by atoms with Crippen LogP contribution in [0.3, 0.4) is 0 Å². The van der Waals surface area contributed by atoms with Gasteiger partial charge in [0.15, 0.2) is 0 Å². The first-order valence-electron chi connectivity index (χ1n) is 9.94. The zero-order chi connectivity index (χ0) is 22.2. The average molecular weight is 448 g/mol. The standard InChI is InChI=1S/C22H26ClN3O5/c1-29-22(28)25-5-8-31-20(15-3-2-4-18(23)12-15)16-11-17(21(24)27)14-19(13-16)26-6-9-30-10-7-26/h2-4,11-14,20H,5-10H2,1H3,(H2,24,27)(H,25,28). The van der Waals surface area contributed by atoms with Crippen LogP contribution in [0.1, 0.15) is 27.6 Å². The number of alkyl carbamates (subject to hydrolysis) is 1. The minimum Gasteiger partial charge on any atom is -0.453 e. The lowest BCUT2D eigenvalue weighted by molar-refractivity contribution is 0.0804. The van der Waals surface area contributed by atoms with E-state index in [-0.39, 0.29) is 13.2 Å². The number of amides is 2. The van der Waals surface area contributed by atoms with Gasteiger partial charge in [-0.15, -0.1) is 0 Å². The maximum Gasteiger partial charge on any atom is 0.406 e. The maximum atomic E-state index is 12.0. The molecule has 2 aromatic carbocycles. The van der Waals surface area contributed by atoms with Gasteiger partial charge in [0.2, 0.25) is 5.91 Å². The van der Waals surface area contributed by atoms with E-state index < -0.39 is 18.1 Å². The highest BCUT2D eigenvalue weighted by atomic mass is 35.5. The molecule has 1 aliphatic heterocycles. The van der Waals surface area contributed by atoms with Crippen molar-refractivity contribution in [3.05, 3.63) is 64.2 Å². The van der Waals surface area contributed by atoms with Crippen LogP contribution in [0.25, 0.3) is 0 Å². The highest BCUT2D eigenvalue weighted by molar-refractivity contribution is 6.30. The Kier molecular flexibility index (Phi) is 8.11. The summed E-state index contributed by atoms with van der Waals surface area (Å²) in [5.41, 5.74) is 8.45. The van der Waals surface area contributed by atoms with Crippen LogP contribution in [0.2, 0.25) is 5.02 Å². The van der Waals surface area contributed by atoms with E-state index in [4.69, 9.17) is 26.8 Å². The van der Waals surface area contributed by atoms with Gasteiger partial charge in [0.05, 0.1) is 26.9 Å². The number of anilines is 1. The second kappa shape index (κ2) is 11.0. The van der Waals surface area contributed by atoms with Crippen molar-refractivity contribution in [1.82, 2.24) is 5.32 Å². The van der Waals surface area contributed by atoms with Gasteiger partial charge in [0.1, 0.15) is 6.10 Å². The van der Waals surface area contributed by atoms with E-state index >= 15 is 0 Å². The summed E-state index contributed by atoms with van der Waals surface area (Å²) < 4.78 is 16.1. The molecule has 2 aromatic rings. The fraction of sp³-hybridized carbons (Fsp3) is 0.364. The van der Waals surface area contributed by atoms with Gasteiger partial charge in [-0.3, -0.25) is 4.79 Å². The molecule has 3 N–H and O–H groups in total. The van der Waals surface area contributed by atoms with Crippen molar-refractivity contribution >= 4 is 29.3 Å². The predicted octanol–water partition coefficient (Wildman–Crippen LogP) is 2.74. The lowest BCUT2D eigenvalue weighted by Crippen LogP contribution is -2.36. The molecular formula is C22H26ClN3O5. The minimum absolute atomic E-state index is 0.222. The summed E-state index contributed by atoms with van der Waals surface area (Å²) in [7, 11) is 1.30. The Morgan fingerprint density at radius 1 is 1.19 bits per heavy atom. The predicted molar refractivity (Wildman–Crippen MR) is 118 cm³/mol. The number of ether oxygens (including phenoxy) is 3. The Hall–Kier alpha value is -2.81. The molecular weight excluding hydrogens is 422 g/mol. The average Bonchev–Trinajstić information content (AvgIpc) is 2.79. The maximum absolute atomic E-state index is 12.0. The van der Waals surface area contributed by atoms with Crippen molar-refractivity contribution < 1.29 is 23.8 Å². The second-order valence-corrected chi connectivity index (χ2v) is 7.44. The Morgan fingerprint density at radius 2 is 1.97 bits per heavy atom. The molecule has 1 aliphatic rings. The summed E-state index contributed by atoms with van der Waals surface area (Å²) in [5, 5.41) is 3.15. The van der Waals surface area contributed by atoms with Crippen LogP contribution in [0.5, 0.6) is 0 Å². The van der Waals surface area contributed by atoms with E-state index in [1.807, 2.05) is 24.3 Å². The van der Waals surface area contributed by atoms with Crippen LogP contribution in [0.4, 0.5) is 10.5 Å². The summed E-state index contributed by atoms with van der Waals surface area (Å²) in [4.78, 5) is 25.5. The van der Waals surface area contributed by atoms with Crippen molar-refractivity contribution in [1.29, 1.82) is 0 Å². The van der Waals surface area contributed by atoms with Crippen LogP contribution < -0.4 is 16.0 Å². The van der Waals surface area contributed by atoms with E-state index in [1.165, 1.54) is 7.11 Å². The first kappa shape index (κ1) is 22.9. The van der Waals surface area contributed by atoms with Crippen LogP contribution in [-0.4, -0.2) is 58.6 Å². The molecule has 0 aromatic heterocycles. The number of halogens is 1. The molecule has 0 bridgehead atoms. The van der Waals surface area contributed by atoms with Crippen molar-refractivity contribution in [2.75, 3.05) is 51.5 Å². The van der Waals surface area contributed by atoms with E-state index in [0.29, 0.717) is 36.9 Å². The summed E-state index contributed by atoms with van der Waals surface area (Å²) in [6.45, 7) is 3.14. The number of hydrogen-bond acceptors (Lipinski definition) is 6. The monoisotopic (exact) mass is 447 g/mol. The molecule has 31 heavy (non-hydrogen) atoms. The van der Waals surface area contributed by atoms with E-state index in [0.717, 1.165) is 16.8 Å². The molecule has 9 heteroatoms. The normalized spacial score (nSPS) is 14.7. The van der Waals surface area contributed by atoms with Crippen LogP contribution in [0.15, 0.2) is 42.5 Å². The largest absolute Gasteiger partial charge is 0.453 e. The molecule has 0 aliphatic carbocycles.